The molecule has 2 aromatic carbocycles. The summed E-state index contributed by atoms with van der Waals surface area (Å²) in [6.45, 7) is 1.87. The standard InChI is InChI=1S/C26H29N3O3/c1-28(2)18-19-11-13-20(14-12-19)22-8-4-3-7-21(22)17-27-25(30)23-9-5-15-29(23)26(31)24-10-6-16-32-24/h3-4,6-8,10-14,16,23H,5,9,15,17-18H2,1-2H3,(H,27,30). The third-order valence-corrected chi connectivity index (χ3v) is 5.78. The average Bonchev–Trinajstić information content (AvgIpc) is 3.50. The molecule has 1 saturated heterocycles. The molecule has 0 saturated carbocycles. The largest absolute Gasteiger partial charge is 0.459 e. The number of hydrogen-bond acceptors (Lipinski definition) is 4. The topological polar surface area (TPSA) is 65.8 Å². The van der Waals surface area contributed by atoms with Gasteiger partial charge in [0.05, 0.1) is 6.26 Å². The SMILES string of the molecule is CN(C)Cc1ccc(-c2ccccc2CNC(=O)C2CCCN2C(=O)c2ccco2)cc1. The minimum atomic E-state index is -0.468. The molecule has 6 nitrogen and oxygen atoms in total. The van der Waals surface area contributed by atoms with E-state index in [4.69, 9.17) is 4.42 Å². The first-order chi connectivity index (χ1) is 15.5. The number of carbonyl (C=O) groups is 2. The van der Waals surface area contributed by atoms with Crippen molar-refractivity contribution in [3.05, 3.63) is 83.8 Å². The van der Waals surface area contributed by atoms with Gasteiger partial charge in [-0.05, 0) is 61.3 Å². The number of carbonyl (C=O) groups excluding carboxylic acids is 2. The fourth-order valence-electron chi connectivity index (χ4n) is 4.24. The van der Waals surface area contributed by atoms with Gasteiger partial charge in [-0.25, -0.2) is 0 Å². The molecule has 4 rings (SSSR count). The highest BCUT2D eigenvalue weighted by Gasteiger charge is 2.35. The lowest BCUT2D eigenvalue weighted by Gasteiger charge is -2.23. The molecule has 0 spiro atoms. The molecule has 1 aliphatic rings. The molecule has 0 aliphatic carbocycles. The van der Waals surface area contributed by atoms with Crippen LogP contribution >= 0.6 is 0 Å². The molecule has 166 valence electrons. The van der Waals surface area contributed by atoms with E-state index in [0.717, 1.165) is 29.7 Å². The summed E-state index contributed by atoms with van der Waals surface area (Å²) in [6.07, 6.45) is 2.94. The monoisotopic (exact) mass is 431 g/mol. The van der Waals surface area contributed by atoms with E-state index in [1.807, 2.05) is 18.2 Å². The molecule has 1 atom stereocenters. The molecule has 0 radical (unpaired) electrons. The summed E-state index contributed by atoms with van der Waals surface area (Å²) in [5.41, 5.74) is 4.52. The van der Waals surface area contributed by atoms with Crippen molar-refractivity contribution in [3.8, 4) is 11.1 Å². The fourth-order valence-corrected chi connectivity index (χ4v) is 4.24. The van der Waals surface area contributed by atoms with Crippen molar-refractivity contribution in [3.63, 3.8) is 0 Å². The molecule has 1 aromatic heterocycles. The first kappa shape index (κ1) is 21.8. The lowest BCUT2D eigenvalue weighted by molar-refractivity contribution is -0.125. The second kappa shape index (κ2) is 9.83. The Labute approximate surface area is 188 Å². The van der Waals surface area contributed by atoms with Gasteiger partial charge in [0, 0.05) is 19.6 Å². The Morgan fingerprint density at radius 3 is 2.56 bits per heavy atom. The van der Waals surface area contributed by atoms with Crippen LogP contribution in [0.1, 0.15) is 34.5 Å². The number of likely N-dealkylation sites (tertiary alicyclic amines) is 1. The quantitative estimate of drug-likeness (QED) is 0.616. The zero-order chi connectivity index (χ0) is 22.5. The Morgan fingerprint density at radius 1 is 1.06 bits per heavy atom. The van der Waals surface area contributed by atoms with Gasteiger partial charge >= 0.3 is 0 Å². The highest BCUT2D eigenvalue weighted by Crippen LogP contribution is 2.25. The number of hydrogen-bond donors (Lipinski definition) is 1. The third-order valence-electron chi connectivity index (χ3n) is 5.78. The zero-order valence-corrected chi connectivity index (χ0v) is 18.6. The summed E-state index contributed by atoms with van der Waals surface area (Å²) >= 11 is 0. The number of nitrogens with one attached hydrogen (secondary N) is 1. The van der Waals surface area contributed by atoms with E-state index in [-0.39, 0.29) is 17.6 Å². The molecule has 0 bridgehead atoms. The van der Waals surface area contributed by atoms with E-state index in [2.05, 4.69) is 54.6 Å². The predicted molar refractivity (Wildman–Crippen MR) is 124 cm³/mol. The van der Waals surface area contributed by atoms with Crippen LogP contribution in [0, 0.1) is 0 Å². The third kappa shape index (κ3) is 4.92. The Hall–Kier alpha value is -3.38. The maximum absolute atomic E-state index is 13.0. The normalized spacial score (nSPS) is 15.8. The molecular formula is C26H29N3O3. The fraction of sp³-hybridized carbons (Fsp3) is 0.308. The summed E-state index contributed by atoms with van der Waals surface area (Å²) in [6, 6.07) is 19.5. The van der Waals surface area contributed by atoms with Crippen molar-refractivity contribution in [2.24, 2.45) is 0 Å². The van der Waals surface area contributed by atoms with Gasteiger partial charge in [-0.3, -0.25) is 9.59 Å². The maximum atomic E-state index is 13.0. The van der Waals surface area contributed by atoms with Crippen molar-refractivity contribution in [1.29, 1.82) is 0 Å². The van der Waals surface area contributed by atoms with Crippen LogP contribution in [0.25, 0.3) is 11.1 Å². The van der Waals surface area contributed by atoms with Crippen LogP contribution in [0.5, 0.6) is 0 Å². The molecule has 32 heavy (non-hydrogen) atoms. The molecule has 1 fully saturated rings. The van der Waals surface area contributed by atoms with Crippen LogP contribution in [0.15, 0.2) is 71.3 Å². The van der Waals surface area contributed by atoms with E-state index >= 15 is 0 Å². The predicted octanol–water partition coefficient (Wildman–Crippen LogP) is 3.93. The van der Waals surface area contributed by atoms with Crippen LogP contribution in [0.2, 0.25) is 0 Å². The lowest BCUT2D eigenvalue weighted by Crippen LogP contribution is -2.45. The molecule has 2 amide bonds. The van der Waals surface area contributed by atoms with Crippen LogP contribution < -0.4 is 5.32 Å². The minimum Gasteiger partial charge on any atom is -0.459 e. The van der Waals surface area contributed by atoms with Gasteiger partial charge in [0.1, 0.15) is 6.04 Å². The average molecular weight is 432 g/mol. The highest BCUT2D eigenvalue weighted by molar-refractivity contribution is 5.96. The Morgan fingerprint density at radius 2 is 1.84 bits per heavy atom. The van der Waals surface area contributed by atoms with Crippen molar-refractivity contribution >= 4 is 11.8 Å². The summed E-state index contributed by atoms with van der Waals surface area (Å²) in [5.74, 6) is -0.0860. The van der Waals surface area contributed by atoms with E-state index in [1.165, 1.54) is 11.8 Å². The van der Waals surface area contributed by atoms with Gasteiger partial charge in [-0.2, -0.15) is 0 Å². The smallest absolute Gasteiger partial charge is 0.290 e. The van der Waals surface area contributed by atoms with Gasteiger partial charge < -0.3 is 19.5 Å². The summed E-state index contributed by atoms with van der Waals surface area (Å²) < 4.78 is 5.23. The Kier molecular flexibility index (Phi) is 6.71. The number of benzene rings is 2. The first-order valence-electron chi connectivity index (χ1n) is 11.0. The van der Waals surface area contributed by atoms with Crippen LogP contribution in [0.4, 0.5) is 0 Å². The Bertz CT molecular complexity index is 1060. The summed E-state index contributed by atoms with van der Waals surface area (Å²) in [4.78, 5) is 29.4. The van der Waals surface area contributed by atoms with Crippen molar-refractivity contribution < 1.29 is 14.0 Å². The van der Waals surface area contributed by atoms with E-state index in [1.54, 1.807) is 17.0 Å². The summed E-state index contributed by atoms with van der Waals surface area (Å²) in [5, 5.41) is 3.05. The second-order valence-corrected chi connectivity index (χ2v) is 8.44. The van der Waals surface area contributed by atoms with Gasteiger partial charge in [0.25, 0.3) is 5.91 Å². The first-order valence-corrected chi connectivity index (χ1v) is 11.0. The van der Waals surface area contributed by atoms with E-state index in [9.17, 15) is 9.59 Å². The molecule has 2 heterocycles. The van der Waals surface area contributed by atoms with E-state index < -0.39 is 6.04 Å². The minimum absolute atomic E-state index is 0.126. The van der Waals surface area contributed by atoms with Crippen LogP contribution in [-0.4, -0.2) is 48.3 Å². The molecule has 1 aliphatic heterocycles. The van der Waals surface area contributed by atoms with Gasteiger partial charge in [0.2, 0.25) is 5.91 Å². The number of nitrogens with zero attached hydrogens (tertiary/aromatic N) is 2. The van der Waals surface area contributed by atoms with Gasteiger partial charge in [-0.1, -0.05) is 48.5 Å². The number of rotatable bonds is 7. The van der Waals surface area contributed by atoms with E-state index in [0.29, 0.717) is 19.5 Å². The zero-order valence-electron chi connectivity index (χ0n) is 18.6. The number of amides is 2. The lowest BCUT2D eigenvalue weighted by atomic mass is 9.98. The highest BCUT2D eigenvalue weighted by atomic mass is 16.3. The molecule has 1 N–H and O–H groups in total. The summed E-state index contributed by atoms with van der Waals surface area (Å²) in [7, 11) is 4.11. The van der Waals surface area contributed by atoms with Crippen LogP contribution in [0.3, 0.4) is 0 Å². The number of furan rings is 1. The molecule has 1 unspecified atom stereocenters. The second-order valence-electron chi connectivity index (χ2n) is 8.44. The van der Waals surface area contributed by atoms with Crippen molar-refractivity contribution in [1.82, 2.24) is 15.1 Å². The van der Waals surface area contributed by atoms with Gasteiger partial charge in [-0.15, -0.1) is 0 Å². The molecule has 6 heteroatoms. The van der Waals surface area contributed by atoms with Crippen molar-refractivity contribution in [2.45, 2.75) is 32.0 Å². The van der Waals surface area contributed by atoms with Gasteiger partial charge in [0.15, 0.2) is 5.76 Å². The maximum Gasteiger partial charge on any atom is 0.290 e. The molecule has 3 aromatic rings. The van der Waals surface area contributed by atoms with Crippen molar-refractivity contribution in [2.75, 3.05) is 20.6 Å². The Balaban J connectivity index is 1.44. The van der Waals surface area contributed by atoms with Crippen LogP contribution in [-0.2, 0) is 17.9 Å². The molecular weight excluding hydrogens is 402 g/mol.